The third kappa shape index (κ3) is 4.64. The molecule has 1 aromatic carbocycles. The van der Waals surface area contributed by atoms with Gasteiger partial charge in [0.2, 0.25) is 0 Å². The number of nitrogens with one attached hydrogen (secondary N) is 3. The third-order valence-corrected chi connectivity index (χ3v) is 2.04. The zero-order valence-electron chi connectivity index (χ0n) is 9.12. The number of thiocarbonyl (C=S) groups is 1. The molecule has 1 rings (SSSR count). The van der Waals surface area contributed by atoms with E-state index in [1.54, 1.807) is 13.1 Å². The zero-order chi connectivity index (χ0) is 12.7. The Kier molecular flexibility index (Phi) is 5.15. The first kappa shape index (κ1) is 13.2. The highest BCUT2D eigenvalue weighted by Gasteiger charge is 2.05. The SMILES string of the molecule is CNC(=S)NNC(=O)COc1ccccc1F. The molecule has 0 aromatic heterocycles. The van der Waals surface area contributed by atoms with Crippen molar-refractivity contribution in [3.8, 4) is 5.75 Å². The standard InChI is InChI=1S/C10H12FN3O2S/c1-12-10(17)14-13-9(15)6-16-8-5-3-2-4-7(8)11/h2-5H,6H2,1H3,(H,13,15)(H2,12,14,17). The van der Waals surface area contributed by atoms with Crippen LogP contribution in [0.15, 0.2) is 24.3 Å². The predicted octanol–water partition coefficient (Wildman–Crippen LogP) is 0.330. The largest absolute Gasteiger partial charge is 0.481 e. The van der Waals surface area contributed by atoms with Gasteiger partial charge in [-0.25, -0.2) is 4.39 Å². The number of hydrogen-bond donors (Lipinski definition) is 3. The minimum atomic E-state index is -0.515. The van der Waals surface area contributed by atoms with Crippen LogP contribution in [0, 0.1) is 5.82 Å². The first-order valence-corrected chi connectivity index (χ1v) is 5.18. The number of halogens is 1. The number of hydrogen-bond acceptors (Lipinski definition) is 3. The number of benzene rings is 1. The number of rotatable bonds is 3. The van der Waals surface area contributed by atoms with Crippen LogP contribution >= 0.6 is 12.2 Å². The van der Waals surface area contributed by atoms with Crippen molar-refractivity contribution in [2.75, 3.05) is 13.7 Å². The molecule has 17 heavy (non-hydrogen) atoms. The van der Waals surface area contributed by atoms with Crippen LogP contribution in [0.5, 0.6) is 5.75 Å². The number of carbonyl (C=O) groups excluding carboxylic acids is 1. The average molecular weight is 257 g/mol. The summed E-state index contributed by atoms with van der Waals surface area (Å²) in [7, 11) is 1.61. The Labute approximate surface area is 103 Å². The number of ether oxygens (including phenoxy) is 1. The van der Waals surface area contributed by atoms with Crippen LogP contribution in [0.4, 0.5) is 4.39 Å². The van der Waals surface area contributed by atoms with Crippen LogP contribution in [0.3, 0.4) is 0 Å². The summed E-state index contributed by atoms with van der Waals surface area (Å²) in [5.41, 5.74) is 4.71. The fourth-order valence-corrected chi connectivity index (χ4v) is 0.981. The maximum absolute atomic E-state index is 13.1. The van der Waals surface area contributed by atoms with Crippen LogP contribution in [-0.2, 0) is 4.79 Å². The minimum Gasteiger partial charge on any atom is -0.481 e. The van der Waals surface area contributed by atoms with Gasteiger partial charge in [0.15, 0.2) is 23.3 Å². The minimum absolute atomic E-state index is 0.0267. The molecule has 1 aromatic rings. The van der Waals surface area contributed by atoms with E-state index >= 15 is 0 Å². The molecule has 0 bridgehead atoms. The summed E-state index contributed by atoms with van der Waals surface area (Å²) in [6.45, 7) is -0.305. The smallest absolute Gasteiger partial charge is 0.276 e. The number of hydrazine groups is 1. The molecule has 0 aliphatic carbocycles. The topological polar surface area (TPSA) is 62.4 Å². The summed E-state index contributed by atoms with van der Waals surface area (Å²) in [4.78, 5) is 11.2. The van der Waals surface area contributed by atoms with Crippen molar-refractivity contribution >= 4 is 23.2 Å². The Morgan fingerprint density at radius 3 is 2.76 bits per heavy atom. The Bertz CT molecular complexity index is 414. The van der Waals surface area contributed by atoms with Crippen molar-refractivity contribution in [1.29, 1.82) is 0 Å². The fraction of sp³-hybridized carbons (Fsp3) is 0.200. The molecule has 92 valence electrons. The van der Waals surface area contributed by atoms with Gasteiger partial charge in [0, 0.05) is 7.05 Å². The molecular weight excluding hydrogens is 245 g/mol. The Balaban J connectivity index is 2.34. The summed E-state index contributed by atoms with van der Waals surface area (Å²) in [6.07, 6.45) is 0. The summed E-state index contributed by atoms with van der Waals surface area (Å²) < 4.78 is 18.1. The molecule has 0 atom stereocenters. The molecule has 1 amide bonds. The molecule has 0 saturated heterocycles. The Morgan fingerprint density at radius 2 is 2.12 bits per heavy atom. The van der Waals surface area contributed by atoms with E-state index in [0.717, 1.165) is 0 Å². The molecule has 0 fully saturated rings. The lowest BCUT2D eigenvalue weighted by atomic mass is 10.3. The second kappa shape index (κ2) is 6.64. The van der Waals surface area contributed by atoms with Crippen molar-refractivity contribution in [3.05, 3.63) is 30.1 Å². The van der Waals surface area contributed by atoms with Gasteiger partial charge < -0.3 is 10.1 Å². The van der Waals surface area contributed by atoms with E-state index < -0.39 is 11.7 Å². The molecule has 0 aliphatic heterocycles. The normalized spacial score (nSPS) is 9.29. The predicted molar refractivity (Wildman–Crippen MR) is 64.8 cm³/mol. The molecule has 7 heteroatoms. The number of carbonyl (C=O) groups is 1. The van der Waals surface area contributed by atoms with Gasteiger partial charge in [-0.05, 0) is 24.4 Å². The first-order chi connectivity index (χ1) is 8.13. The quantitative estimate of drug-likeness (QED) is 0.538. The lowest BCUT2D eigenvalue weighted by Crippen LogP contribution is -2.47. The fourth-order valence-electron chi connectivity index (χ4n) is 0.930. The number of para-hydroxylation sites is 1. The van der Waals surface area contributed by atoms with Crippen LogP contribution in [-0.4, -0.2) is 24.7 Å². The van der Waals surface area contributed by atoms with Gasteiger partial charge in [0.05, 0.1) is 0 Å². The first-order valence-electron chi connectivity index (χ1n) is 4.77. The van der Waals surface area contributed by atoms with Gasteiger partial charge in [0.25, 0.3) is 5.91 Å². The molecule has 5 nitrogen and oxygen atoms in total. The third-order valence-electron chi connectivity index (χ3n) is 1.74. The van der Waals surface area contributed by atoms with E-state index in [2.05, 4.69) is 16.2 Å². The Morgan fingerprint density at radius 1 is 1.41 bits per heavy atom. The van der Waals surface area contributed by atoms with Gasteiger partial charge in [-0.1, -0.05) is 12.1 Å². The van der Waals surface area contributed by atoms with E-state index in [9.17, 15) is 9.18 Å². The highest BCUT2D eigenvalue weighted by molar-refractivity contribution is 7.80. The lowest BCUT2D eigenvalue weighted by Gasteiger charge is -2.10. The molecular formula is C10H12FN3O2S. The molecule has 0 heterocycles. The molecule has 3 N–H and O–H groups in total. The summed E-state index contributed by atoms with van der Waals surface area (Å²) >= 11 is 4.73. The van der Waals surface area contributed by atoms with Crippen LogP contribution < -0.4 is 20.9 Å². The van der Waals surface area contributed by atoms with E-state index in [-0.39, 0.29) is 17.5 Å². The average Bonchev–Trinajstić information content (AvgIpc) is 2.35. The van der Waals surface area contributed by atoms with E-state index in [1.165, 1.54) is 18.2 Å². The van der Waals surface area contributed by atoms with E-state index in [4.69, 9.17) is 17.0 Å². The van der Waals surface area contributed by atoms with Crippen LogP contribution in [0.25, 0.3) is 0 Å². The Hall–Kier alpha value is -1.89. The van der Waals surface area contributed by atoms with Crippen molar-refractivity contribution in [2.24, 2.45) is 0 Å². The highest BCUT2D eigenvalue weighted by atomic mass is 32.1. The zero-order valence-corrected chi connectivity index (χ0v) is 9.94. The number of amides is 1. The van der Waals surface area contributed by atoms with Gasteiger partial charge >= 0.3 is 0 Å². The summed E-state index contributed by atoms with van der Waals surface area (Å²) in [5.74, 6) is -0.955. The highest BCUT2D eigenvalue weighted by Crippen LogP contribution is 2.14. The van der Waals surface area contributed by atoms with E-state index in [1.807, 2.05) is 0 Å². The van der Waals surface area contributed by atoms with Crippen molar-refractivity contribution in [1.82, 2.24) is 16.2 Å². The lowest BCUT2D eigenvalue weighted by molar-refractivity contribution is -0.123. The van der Waals surface area contributed by atoms with Gasteiger partial charge in [-0.2, -0.15) is 0 Å². The second-order valence-electron chi connectivity index (χ2n) is 2.97. The van der Waals surface area contributed by atoms with Crippen molar-refractivity contribution in [2.45, 2.75) is 0 Å². The van der Waals surface area contributed by atoms with Crippen LogP contribution in [0.2, 0.25) is 0 Å². The van der Waals surface area contributed by atoms with Crippen LogP contribution in [0.1, 0.15) is 0 Å². The van der Waals surface area contributed by atoms with E-state index in [0.29, 0.717) is 0 Å². The maximum Gasteiger partial charge on any atom is 0.276 e. The monoisotopic (exact) mass is 257 g/mol. The molecule has 0 saturated carbocycles. The van der Waals surface area contributed by atoms with Gasteiger partial charge in [-0.15, -0.1) is 0 Å². The second-order valence-corrected chi connectivity index (χ2v) is 3.38. The molecule has 0 unspecified atom stereocenters. The van der Waals surface area contributed by atoms with Gasteiger partial charge in [0.1, 0.15) is 0 Å². The molecule has 0 radical (unpaired) electrons. The summed E-state index contributed by atoms with van der Waals surface area (Å²) in [6, 6.07) is 5.84. The summed E-state index contributed by atoms with van der Waals surface area (Å²) in [5, 5.41) is 2.88. The molecule has 0 spiro atoms. The van der Waals surface area contributed by atoms with Crippen molar-refractivity contribution < 1.29 is 13.9 Å². The maximum atomic E-state index is 13.1. The molecule has 0 aliphatic rings. The van der Waals surface area contributed by atoms with Crippen molar-refractivity contribution in [3.63, 3.8) is 0 Å². The van der Waals surface area contributed by atoms with Gasteiger partial charge in [-0.3, -0.25) is 15.6 Å².